The quantitative estimate of drug-likeness (QED) is 0.489. The third-order valence-corrected chi connectivity index (χ3v) is 4.18. The minimum Gasteiger partial charge on any atom is -0.491 e. The second-order valence-electron chi connectivity index (χ2n) is 5.07. The molecule has 122 valence electrons. The van der Waals surface area contributed by atoms with E-state index >= 15 is 0 Å². The first-order valence-electron chi connectivity index (χ1n) is 7.82. The summed E-state index contributed by atoms with van der Waals surface area (Å²) >= 11 is 1.70. The van der Waals surface area contributed by atoms with Crippen LogP contribution in [0.2, 0.25) is 0 Å². The van der Waals surface area contributed by atoms with Crippen molar-refractivity contribution in [2.75, 3.05) is 39.5 Å². The molecular formula is C19H23NO2S. The van der Waals surface area contributed by atoms with Crippen molar-refractivity contribution in [3.63, 3.8) is 0 Å². The van der Waals surface area contributed by atoms with Crippen LogP contribution in [0.4, 0.5) is 0 Å². The number of likely N-dealkylation sites (N-methyl/N-ethyl adjacent to an activating group) is 1. The van der Waals surface area contributed by atoms with Gasteiger partial charge in [-0.05, 0) is 46.6 Å². The van der Waals surface area contributed by atoms with Crippen molar-refractivity contribution in [1.82, 2.24) is 4.90 Å². The van der Waals surface area contributed by atoms with Gasteiger partial charge in [-0.15, -0.1) is 6.42 Å². The topological polar surface area (TPSA) is 21.7 Å². The van der Waals surface area contributed by atoms with Crippen molar-refractivity contribution in [2.24, 2.45) is 0 Å². The van der Waals surface area contributed by atoms with Crippen LogP contribution in [0.1, 0.15) is 6.92 Å². The fourth-order valence-corrected chi connectivity index (χ4v) is 2.85. The van der Waals surface area contributed by atoms with Crippen LogP contribution in [0.5, 0.6) is 5.75 Å². The number of nitrogens with zero attached hydrogens (tertiary/aromatic N) is 1. The van der Waals surface area contributed by atoms with Crippen molar-refractivity contribution in [3.05, 3.63) is 41.1 Å². The Bertz CT molecular complexity index is 604. The van der Waals surface area contributed by atoms with Crippen molar-refractivity contribution in [2.45, 2.75) is 6.92 Å². The highest BCUT2D eigenvalue weighted by molar-refractivity contribution is 7.08. The number of rotatable bonds is 10. The molecule has 0 N–H and O–H groups in total. The van der Waals surface area contributed by atoms with Gasteiger partial charge in [-0.1, -0.05) is 25.0 Å². The average Bonchev–Trinajstić information content (AvgIpc) is 3.12. The van der Waals surface area contributed by atoms with E-state index in [0.29, 0.717) is 26.4 Å². The van der Waals surface area contributed by atoms with E-state index in [1.54, 1.807) is 11.3 Å². The van der Waals surface area contributed by atoms with Crippen molar-refractivity contribution in [1.29, 1.82) is 0 Å². The van der Waals surface area contributed by atoms with Crippen molar-refractivity contribution in [3.8, 4) is 29.2 Å². The minimum absolute atomic E-state index is 0.550. The van der Waals surface area contributed by atoms with Gasteiger partial charge in [-0.2, -0.15) is 11.3 Å². The molecule has 0 atom stereocenters. The largest absolute Gasteiger partial charge is 0.491 e. The molecule has 0 spiro atoms. The van der Waals surface area contributed by atoms with E-state index in [1.165, 1.54) is 11.1 Å². The fraction of sp³-hybridized carbons (Fsp3) is 0.368. The monoisotopic (exact) mass is 329 g/mol. The molecule has 0 saturated carbocycles. The Morgan fingerprint density at radius 1 is 1.17 bits per heavy atom. The lowest BCUT2D eigenvalue weighted by atomic mass is 10.1. The molecular weight excluding hydrogens is 306 g/mol. The summed E-state index contributed by atoms with van der Waals surface area (Å²) in [4.78, 5) is 2.17. The molecule has 1 aromatic heterocycles. The predicted molar refractivity (Wildman–Crippen MR) is 97.0 cm³/mol. The zero-order valence-corrected chi connectivity index (χ0v) is 14.3. The summed E-state index contributed by atoms with van der Waals surface area (Å²) in [6.07, 6.45) is 5.32. The summed E-state index contributed by atoms with van der Waals surface area (Å²) in [6, 6.07) is 10.3. The molecule has 0 aliphatic rings. The second kappa shape index (κ2) is 10.1. The van der Waals surface area contributed by atoms with Gasteiger partial charge >= 0.3 is 0 Å². The van der Waals surface area contributed by atoms with E-state index in [9.17, 15) is 0 Å². The summed E-state index contributed by atoms with van der Waals surface area (Å²) in [5, 5.41) is 4.22. The molecule has 0 bridgehead atoms. The number of terminal acetylenes is 1. The second-order valence-corrected chi connectivity index (χ2v) is 5.85. The van der Waals surface area contributed by atoms with Crippen LogP contribution in [0.3, 0.4) is 0 Å². The summed E-state index contributed by atoms with van der Waals surface area (Å²) in [6.45, 7) is 6.37. The first-order valence-corrected chi connectivity index (χ1v) is 8.76. The molecule has 0 amide bonds. The van der Waals surface area contributed by atoms with Gasteiger partial charge in [0, 0.05) is 6.54 Å². The molecule has 0 saturated heterocycles. The van der Waals surface area contributed by atoms with Crippen LogP contribution in [0, 0.1) is 12.3 Å². The Morgan fingerprint density at radius 3 is 2.83 bits per heavy atom. The van der Waals surface area contributed by atoms with Gasteiger partial charge in [0.2, 0.25) is 0 Å². The lowest BCUT2D eigenvalue weighted by Gasteiger charge is -2.17. The fourth-order valence-electron chi connectivity index (χ4n) is 2.19. The van der Waals surface area contributed by atoms with Crippen LogP contribution in [-0.4, -0.2) is 44.4 Å². The first kappa shape index (κ1) is 17.6. The third kappa shape index (κ3) is 6.07. The Kier molecular flexibility index (Phi) is 7.68. The Morgan fingerprint density at radius 2 is 2.09 bits per heavy atom. The van der Waals surface area contributed by atoms with Crippen LogP contribution in [0.15, 0.2) is 41.1 Å². The third-order valence-electron chi connectivity index (χ3n) is 3.50. The average molecular weight is 329 g/mol. The van der Waals surface area contributed by atoms with Gasteiger partial charge in [0.1, 0.15) is 12.4 Å². The molecule has 4 heteroatoms. The molecule has 23 heavy (non-hydrogen) atoms. The van der Waals surface area contributed by atoms with Gasteiger partial charge in [0.05, 0.1) is 19.8 Å². The van der Waals surface area contributed by atoms with Gasteiger partial charge in [-0.3, -0.25) is 4.90 Å². The lowest BCUT2D eigenvalue weighted by Crippen LogP contribution is -2.28. The molecule has 0 aliphatic carbocycles. The normalized spacial score (nSPS) is 10.7. The van der Waals surface area contributed by atoms with E-state index in [0.717, 1.165) is 18.8 Å². The number of benzene rings is 1. The first-order chi connectivity index (χ1) is 11.3. The summed E-state index contributed by atoms with van der Waals surface area (Å²) < 4.78 is 11.4. The SMILES string of the molecule is C#CCN(CC)CCOCCOc1cccc(-c2ccsc2)c1. The summed E-state index contributed by atoms with van der Waals surface area (Å²) in [5.41, 5.74) is 2.41. The number of hydrogen-bond acceptors (Lipinski definition) is 4. The molecule has 0 fully saturated rings. The maximum absolute atomic E-state index is 5.76. The highest BCUT2D eigenvalue weighted by atomic mass is 32.1. The molecule has 3 nitrogen and oxygen atoms in total. The van der Waals surface area contributed by atoms with E-state index in [-0.39, 0.29) is 0 Å². The van der Waals surface area contributed by atoms with E-state index in [2.05, 4.69) is 46.7 Å². The minimum atomic E-state index is 0.550. The standard InChI is InChI=1S/C19H23NO2S/c1-3-9-20(4-2)10-11-21-12-13-22-19-7-5-6-17(15-19)18-8-14-23-16-18/h1,5-8,14-16H,4,9-13H2,2H3. The molecule has 0 unspecified atom stereocenters. The zero-order chi connectivity index (χ0) is 16.3. The number of ether oxygens (including phenoxy) is 2. The van der Waals surface area contributed by atoms with Crippen LogP contribution in [-0.2, 0) is 4.74 Å². The van der Waals surface area contributed by atoms with Gasteiger partial charge in [0.25, 0.3) is 0 Å². The molecule has 1 heterocycles. The number of thiophene rings is 1. The Labute approximate surface area is 142 Å². The molecule has 1 aromatic carbocycles. The summed E-state index contributed by atoms with van der Waals surface area (Å²) in [7, 11) is 0. The van der Waals surface area contributed by atoms with E-state index in [4.69, 9.17) is 15.9 Å². The van der Waals surface area contributed by atoms with Gasteiger partial charge in [-0.25, -0.2) is 0 Å². The van der Waals surface area contributed by atoms with E-state index < -0.39 is 0 Å². The number of hydrogen-bond donors (Lipinski definition) is 0. The predicted octanol–water partition coefficient (Wildman–Crippen LogP) is 3.77. The molecule has 2 rings (SSSR count). The van der Waals surface area contributed by atoms with Crippen molar-refractivity contribution < 1.29 is 9.47 Å². The Hall–Kier alpha value is -1.80. The smallest absolute Gasteiger partial charge is 0.120 e. The van der Waals surface area contributed by atoms with Gasteiger partial charge in [0.15, 0.2) is 0 Å². The molecule has 2 aromatic rings. The van der Waals surface area contributed by atoms with Gasteiger partial charge < -0.3 is 9.47 Å². The van der Waals surface area contributed by atoms with E-state index in [1.807, 2.05) is 12.1 Å². The van der Waals surface area contributed by atoms with Crippen molar-refractivity contribution >= 4 is 11.3 Å². The maximum Gasteiger partial charge on any atom is 0.120 e. The Balaban J connectivity index is 1.67. The van der Waals surface area contributed by atoms with Crippen LogP contribution >= 0.6 is 11.3 Å². The highest BCUT2D eigenvalue weighted by Crippen LogP contribution is 2.25. The molecule has 0 aliphatic heterocycles. The highest BCUT2D eigenvalue weighted by Gasteiger charge is 2.02. The van der Waals surface area contributed by atoms with Crippen LogP contribution in [0.25, 0.3) is 11.1 Å². The molecule has 0 radical (unpaired) electrons. The van der Waals surface area contributed by atoms with Crippen LogP contribution < -0.4 is 4.74 Å². The zero-order valence-electron chi connectivity index (χ0n) is 13.5. The maximum atomic E-state index is 5.76. The summed E-state index contributed by atoms with van der Waals surface area (Å²) in [5.74, 6) is 3.53. The lowest BCUT2D eigenvalue weighted by molar-refractivity contribution is 0.0835.